The Morgan fingerprint density at radius 2 is 1.95 bits per heavy atom. The molecule has 0 spiro atoms. The molecule has 21 heavy (non-hydrogen) atoms. The predicted octanol–water partition coefficient (Wildman–Crippen LogP) is 3.01. The molecule has 6 heteroatoms. The highest BCUT2D eigenvalue weighted by Crippen LogP contribution is 2.33. The fourth-order valence-corrected chi connectivity index (χ4v) is 2.69. The van der Waals surface area contributed by atoms with E-state index in [-0.39, 0.29) is 18.7 Å². The first kappa shape index (κ1) is 15.2. The van der Waals surface area contributed by atoms with Gasteiger partial charge < -0.3 is 10.1 Å². The maximum atomic E-state index is 11.9. The monoisotopic (exact) mass is 304 g/mol. The number of anilines is 1. The van der Waals surface area contributed by atoms with Crippen LogP contribution in [0.1, 0.15) is 17.8 Å². The number of carbonyl (C=O) groups excluding carboxylic acids is 2. The van der Waals surface area contributed by atoms with Crippen LogP contribution in [0.25, 0.3) is 10.4 Å². The molecule has 1 amide bonds. The Kier molecular flexibility index (Phi) is 5.05. The summed E-state index contributed by atoms with van der Waals surface area (Å²) < 4.78 is 4.52. The van der Waals surface area contributed by atoms with Crippen LogP contribution < -0.4 is 5.32 Å². The van der Waals surface area contributed by atoms with Crippen molar-refractivity contribution in [3.05, 3.63) is 35.3 Å². The summed E-state index contributed by atoms with van der Waals surface area (Å²) in [6.07, 6.45) is 0.142. The lowest BCUT2D eigenvalue weighted by Gasteiger charge is -2.05. The number of aryl methyl sites for hydroxylation is 1. The fraction of sp³-hybridized carbons (Fsp3) is 0.267. The van der Waals surface area contributed by atoms with E-state index in [9.17, 15) is 9.59 Å². The number of thiazole rings is 1. The minimum absolute atomic E-state index is 0.0616. The molecule has 0 saturated heterocycles. The quantitative estimate of drug-likeness (QED) is 0.862. The number of hydrogen-bond acceptors (Lipinski definition) is 5. The Morgan fingerprint density at radius 3 is 2.62 bits per heavy atom. The second-order valence-electron chi connectivity index (χ2n) is 4.40. The summed E-state index contributed by atoms with van der Waals surface area (Å²) in [4.78, 5) is 28.2. The summed E-state index contributed by atoms with van der Waals surface area (Å²) in [7, 11) is 1.30. The van der Waals surface area contributed by atoms with Crippen molar-refractivity contribution in [3.8, 4) is 10.4 Å². The van der Waals surface area contributed by atoms with Crippen LogP contribution in [0.4, 0.5) is 5.82 Å². The summed E-state index contributed by atoms with van der Waals surface area (Å²) in [5, 5.41) is 3.63. The molecule has 0 aliphatic heterocycles. The number of carbonyl (C=O) groups is 2. The van der Waals surface area contributed by atoms with Gasteiger partial charge in [0.2, 0.25) is 5.91 Å². The highest BCUT2D eigenvalue weighted by atomic mass is 32.1. The van der Waals surface area contributed by atoms with E-state index in [0.29, 0.717) is 5.82 Å². The molecular formula is C15H16N2O3S. The number of esters is 1. The first-order chi connectivity index (χ1) is 10.1. The predicted molar refractivity (Wildman–Crippen MR) is 82.2 cm³/mol. The minimum atomic E-state index is -0.400. The zero-order valence-corrected chi connectivity index (χ0v) is 12.7. The van der Waals surface area contributed by atoms with E-state index in [1.165, 1.54) is 18.4 Å². The lowest BCUT2D eigenvalue weighted by atomic mass is 10.2. The number of amides is 1. The van der Waals surface area contributed by atoms with Gasteiger partial charge in [-0.1, -0.05) is 30.3 Å². The average Bonchev–Trinajstić information content (AvgIpc) is 2.86. The lowest BCUT2D eigenvalue weighted by Crippen LogP contribution is -2.14. The first-order valence-corrected chi connectivity index (χ1v) is 7.31. The fourth-order valence-electron chi connectivity index (χ4n) is 1.81. The van der Waals surface area contributed by atoms with Gasteiger partial charge in [-0.05, 0) is 12.5 Å². The van der Waals surface area contributed by atoms with E-state index < -0.39 is 5.97 Å². The number of nitrogens with zero attached hydrogens (tertiary/aromatic N) is 1. The number of methoxy groups -OCH3 is 1. The summed E-state index contributed by atoms with van der Waals surface area (Å²) in [5.74, 6) is -0.107. The van der Waals surface area contributed by atoms with E-state index in [1.807, 2.05) is 37.3 Å². The van der Waals surface area contributed by atoms with Crippen molar-refractivity contribution >= 4 is 29.0 Å². The van der Waals surface area contributed by atoms with Gasteiger partial charge in [-0.25, -0.2) is 4.98 Å². The molecule has 0 atom stereocenters. The van der Waals surface area contributed by atoms with Gasteiger partial charge in [0.05, 0.1) is 23.4 Å². The van der Waals surface area contributed by atoms with Crippen molar-refractivity contribution in [1.82, 2.24) is 4.98 Å². The molecule has 2 rings (SSSR count). The number of ether oxygens (including phenoxy) is 1. The normalized spacial score (nSPS) is 10.2. The Hall–Kier alpha value is -2.21. The van der Waals surface area contributed by atoms with Gasteiger partial charge in [0.15, 0.2) is 5.82 Å². The lowest BCUT2D eigenvalue weighted by molar-refractivity contribution is -0.141. The summed E-state index contributed by atoms with van der Waals surface area (Å²) in [6, 6.07) is 9.75. The number of aromatic nitrogens is 1. The number of rotatable bonds is 5. The molecule has 1 aromatic carbocycles. The molecule has 0 unspecified atom stereocenters. The van der Waals surface area contributed by atoms with E-state index in [0.717, 1.165) is 15.4 Å². The molecule has 0 aliphatic carbocycles. The Morgan fingerprint density at radius 1 is 1.24 bits per heavy atom. The maximum Gasteiger partial charge on any atom is 0.306 e. The van der Waals surface area contributed by atoms with Crippen molar-refractivity contribution in [1.29, 1.82) is 0 Å². The van der Waals surface area contributed by atoms with Gasteiger partial charge in [-0.15, -0.1) is 11.3 Å². The zero-order valence-electron chi connectivity index (χ0n) is 11.9. The molecule has 110 valence electrons. The topological polar surface area (TPSA) is 68.3 Å². The van der Waals surface area contributed by atoms with Crippen molar-refractivity contribution in [2.24, 2.45) is 0 Å². The first-order valence-electron chi connectivity index (χ1n) is 6.49. The molecule has 0 saturated carbocycles. The largest absolute Gasteiger partial charge is 0.469 e. The molecule has 2 aromatic rings. The van der Waals surface area contributed by atoms with Crippen molar-refractivity contribution < 1.29 is 14.3 Å². The molecule has 1 N–H and O–H groups in total. The second-order valence-corrected chi connectivity index (χ2v) is 5.60. The Bertz CT molecular complexity index is 638. The molecule has 0 aliphatic rings. The van der Waals surface area contributed by atoms with Gasteiger partial charge in [0, 0.05) is 6.42 Å². The van der Waals surface area contributed by atoms with Gasteiger partial charge in [-0.2, -0.15) is 0 Å². The van der Waals surface area contributed by atoms with E-state index in [2.05, 4.69) is 15.0 Å². The Balaban J connectivity index is 2.10. The van der Waals surface area contributed by atoms with Crippen LogP contribution in [0.2, 0.25) is 0 Å². The highest BCUT2D eigenvalue weighted by Gasteiger charge is 2.14. The number of nitrogens with one attached hydrogen (secondary N) is 1. The number of hydrogen-bond donors (Lipinski definition) is 1. The van der Waals surface area contributed by atoms with Crippen LogP contribution in [-0.4, -0.2) is 24.0 Å². The molecular weight excluding hydrogens is 288 g/mol. The van der Waals surface area contributed by atoms with Crippen LogP contribution in [0.5, 0.6) is 0 Å². The van der Waals surface area contributed by atoms with Gasteiger partial charge in [-0.3, -0.25) is 9.59 Å². The maximum absolute atomic E-state index is 11.9. The average molecular weight is 304 g/mol. The van der Waals surface area contributed by atoms with Gasteiger partial charge in [0.1, 0.15) is 0 Å². The third kappa shape index (κ3) is 4.13. The molecule has 5 nitrogen and oxygen atoms in total. The van der Waals surface area contributed by atoms with E-state index >= 15 is 0 Å². The van der Waals surface area contributed by atoms with Crippen molar-refractivity contribution in [2.45, 2.75) is 19.8 Å². The number of benzene rings is 1. The second kappa shape index (κ2) is 6.99. The van der Waals surface area contributed by atoms with E-state index in [1.54, 1.807) is 0 Å². The highest BCUT2D eigenvalue weighted by molar-refractivity contribution is 7.15. The Labute approximate surface area is 127 Å². The molecule has 0 fully saturated rings. The summed E-state index contributed by atoms with van der Waals surface area (Å²) in [6.45, 7) is 1.89. The smallest absolute Gasteiger partial charge is 0.306 e. The van der Waals surface area contributed by atoms with Crippen LogP contribution in [0, 0.1) is 6.92 Å². The van der Waals surface area contributed by atoms with E-state index in [4.69, 9.17) is 0 Å². The molecule has 1 heterocycles. The van der Waals surface area contributed by atoms with Crippen LogP contribution >= 0.6 is 11.3 Å². The SMILES string of the molecule is COC(=O)CCC(=O)Nc1nc(C)sc1-c1ccccc1. The molecule has 1 aromatic heterocycles. The van der Waals surface area contributed by atoms with Crippen LogP contribution in [-0.2, 0) is 14.3 Å². The molecule has 0 bridgehead atoms. The summed E-state index contributed by atoms with van der Waals surface area (Å²) in [5.41, 5.74) is 1.01. The van der Waals surface area contributed by atoms with Crippen LogP contribution in [0.3, 0.4) is 0 Å². The zero-order chi connectivity index (χ0) is 15.2. The van der Waals surface area contributed by atoms with Crippen LogP contribution in [0.15, 0.2) is 30.3 Å². The third-order valence-corrected chi connectivity index (χ3v) is 3.83. The minimum Gasteiger partial charge on any atom is -0.469 e. The van der Waals surface area contributed by atoms with Gasteiger partial charge >= 0.3 is 5.97 Å². The van der Waals surface area contributed by atoms with Crippen molar-refractivity contribution in [3.63, 3.8) is 0 Å². The van der Waals surface area contributed by atoms with Gasteiger partial charge in [0.25, 0.3) is 0 Å². The van der Waals surface area contributed by atoms with Crippen molar-refractivity contribution in [2.75, 3.05) is 12.4 Å². The molecule has 0 radical (unpaired) electrons. The standard InChI is InChI=1S/C15H16N2O3S/c1-10-16-15(17-12(18)8-9-13(19)20-2)14(21-10)11-6-4-3-5-7-11/h3-7H,8-9H2,1-2H3,(H,17,18). The summed E-state index contributed by atoms with van der Waals surface area (Å²) >= 11 is 1.52. The third-order valence-electron chi connectivity index (χ3n) is 2.81.